The van der Waals surface area contributed by atoms with Gasteiger partial charge < -0.3 is 4.52 Å². The number of alkyl halides is 3. The Morgan fingerprint density at radius 3 is 2.42 bits per heavy atom. The Balaban J connectivity index is 2.27. The van der Waals surface area contributed by atoms with Gasteiger partial charge in [-0.05, 0) is 36.5 Å². The third-order valence-electron chi connectivity index (χ3n) is 3.81. The molecular formula is C15H12F3NO4S. The van der Waals surface area contributed by atoms with E-state index in [1.165, 1.54) is 0 Å². The first-order valence-corrected chi connectivity index (χ1v) is 8.87. The summed E-state index contributed by atoms with van der Waals surface area (Å²) in [5.74, 6) is -1.06. The van der Waals surface area contributed by atoms with Gasteiger partial charge >= 0.3 is 6.18 Å². The van der Waals surface area contributed by atoms with Gasteiger partial charge in [0.2, 0.25) is 0 Å². The van der Waals surface area contributed by atoms with E-state index in [-0.39, 0.29) is 22.6 Å². The molecule has 0 bridgehead atoms. The molecule has 0 atom stereocenters. The van der Waals surface area contributed by atoms with Crippen LogP contribution < -0.4 is 0 Å². The van der Waals surface area contributed by atoms with Crippen LogP contribution in [-0.4, -0.2) is 25.6 Å². The second-order valence-electron chi connectivity index (χ2n) is 5.72. The molecule has 0 radical (unpaired) electrons. The van der Waals surface area contributed by atoms with Crippen LogP contribution in [0.15, 0.2) is 34.0 Å². The van der Waals surface area contributed by atoms with Crippen LogP contribution in [0, 0.1) is 0 Å². The molecule has 24 heavy (non-hydrogen) atoms. The number of carbonyl (C=O) groups excluding carboxylic acids is 1. The number of rotatable bonds is 4. The third-order valence-corrected chi connectivity index (χ3v) is 4.95. The molecule has 1 aromatic carbocycles. The van der Waals surface area contributed by atoms with E-state index in [9.17, 15) is 26.4 Å². The van der Waals surface area contributed by atoms with Crippen LogP contribution in [0.2, 0.25) is 0 Å². The van der Waals surface area contributed by atoms with E-state index in [1.807, 2.05) is 0 Å². The van der Waals surface area contributed by atoms with Crippen LogP contribution in [0.4, 0.5) is 13.2 Å². The number of ketones is 1. The lowest BCUT2D eigenvalue weighted by Gasteiger charge is -2.16. The average molecular weight is 359 g/mol. The quantitative estimate of drug-likeness (QED) is 0.784. The van der Waals surface area contributed by atoms with Gasteiger partial charge in [-0.2, -0.15) is 13.2 Å². The average Bonchev–Trinajstić information content (AvgIpc) is 3.18. The highest BCUT2D eigenvalue weighted by Crippen LogP contribution is 2.47. The first-order chi connectivity index (χ1) is 11.1. The van der Waals surface area contributed by atoms with E-state index >= 15 is 0 Å². The number of halogens is 3. The lowest BCUT2D eigenvalue weighted by Crippen LogP contribution is -2.15. The van der Waals surface area contributed by atoms with Gasteiger partial charge in [-0.15, -0.1) is 0 Å². The smallest absolute Gasteiger partial charge is 0.364 e. The minimum atomic E-state index is -4.70. The van der Waals surface area contributed by atoms with Crippen LogP contribution in [-0.2, 0) is 16.0 Å². The molecule has 9 heteroatoms. The Morgan fingerprint density at radius 1 is 1.29 bits per heavy atom. The summed E-state index contributed by atoms with van der Waals surface area (Å²) in [7, 11) is -4.05. The van der Waals surface area contributed by atoms with Gasteiger partial charge in [0.25, 0.3) is 0 Å². The number of nitrogens with zero attached hydrogens (tertiary/aromatic N) is 1. The maximum Gasteiger partial charge on any atom is 0.416 e. The van der Waals surface area contributed by atoms with Crippen LogP contribution in [0.5, 0.6) is 0 Å². The van der Waals surface area contributed by atoms with Crippen molar-refractivity contribution < 1.29 is 30.9 Å². The molecule has 0 spiro atoms. The summed E-state index contributed by atoms with van der Waals surface area (Å²) in [6, 6.07) is 1.61. The Labute approximate surface area is 135 Å². The molecule has 128 valence electrons. The van der Waals surface area contributed by atoms with Crippen molar-refractivity contribution in [2.75, 3.05) is 6.26 Å². The molecule has 0 saturated heterocycles. The molecule has 1 aromatic heterocycles. The number of hydrogen-bond acceptors (Lipinski definition) is 5. The summed E-state index contributed by atoms with van der Waals surface area (Å²) in [5.41, 5.74) is -1.38. The van der Waals surface area contributed by atoms with Gasteiger partial charge in [0, 0.05) is 11.8 Å². The predicted molar refractivity (Wildman–Crippen MR) is 76.5 cm³/mol. The summed E-state index contributed by atoms with van der Waals surface area (Å²) in [6.45, 7) is 0. The third kappa shape index (κ3) is 3.08. The van der Waals surface area contributed by atoms with Crippen LogP contribution in [0.3, 0.4) is 0 Å². The lowest BCUT2D eigenvalue weighted by atomic mass is 9.96. The topological polar surface area (TPSA) is 77.2 Å². The summed E-state index contributed by atoms with van der Waals surface area (Å²) in [5, 5.41) is 3.36. The molecule has 2 aromatic rings. The van der Waals surface area contributed by atoms with Crippen molar-refractivity contribution in [3.8, 4) is 0 Å². The van der Waals surface area contributed by atoms with Gasteiger partial charge in [-0.1, -0.05) is 5.16 Å². The fourth-order valence-electron chi connectivity index (χ4n) is 2.53. The van der Waals surface area contributed by atoms with E-state index in [0.29, 0.717) is 18.9 Å². The zero-order chi connectivity index (χ0) is 17.7. The largest absolute Gasteiger partial charge is 0.416 e. The Morgan fingerprint density at radius 2 is 1.96 bits per heavy atom. The lowest BCUT2D eigenvalue weighted by molar-refractivity contribution is -0.138. The second-order valence-corrected chi connectivity index (χ2v) is 7.71. The van der Waals surface area contributed by atoms with Crippen molar-refractivity contribution in [3.63, 3.8) is 0 Å². The molecule has 1 saturated carbocycles. The van der Waals surface area contributed by atoms with Crippen molar-refractivity contribution in [3.05, 3.63) is 46.8 Å². The van der Waals surface area contributed by atoms with Crippen LogP contribution in [0.1, 0.15) is 45.8 Å². The van der Waals surface area contributed by atoms with Gasteiger partial charge in [-0.25, -0.2) is 8.42 Å². The van der Waals surface area contributed by atoms with Gasteiger partial charge in [-0.3, -0.25) is 4.79 Å². The zero-order valence-electron chi connectivity index (χ0n) is 12.4. The molecule has 0 N–H and O–H groups in total. The predicted octanol–water partition coefficient (Wildman–Crippen LogP) is 3.21. The molecule has 1 fully saturated rings. The number of aromatic nitrogens is 1. The summed E-state index contributed by atoms with van der Waals surface area (Å²) in [6.07, 6.45) is -0.685. The highest BCUT2D eigenvalue weighted by Gasteiger charge is 2.40. The van der Waals surface area contributed by atoms with Crippen molar-refractivity contribution >= 4 is 15.6 Å². The number of carbonyl (C=O) groups is 1. The fraction of sp³-hybridized carbons (Fsp3) is 0.333. The molecule has 0 unspecified atom stereocenters. The second kappa shape index (κ2) is 5.44. The normalized spacial score (nSPS) is 15.5. The molecule has 1 heterocycles. The molecule has 1 aliphatic carbocycles. The molecular weight excluding hydrogens is 347 g/mol. The molecule has 1 aliphatic rings. The Kier molecular flexibility index (Phi) is 3.78. The molecule has 5 nitrogen and oxygen atoms in total. The van der Waals surface area contributed by atoms with E-state index < -0.39 is 32.3 Å². The van der Waals surface area contributed by atoms with Gasteiger partial charge in [0.05, 0.1) is 22.2 Å². The molecule has 0 amide bonds. The maximum absolute atomic E-state index is 13.3. The number of hydrogen-bond donors (Lipinski definition) is 0. The Hall–Kier alpha value is -2.16. The zero-order valence-corrected chi connectivity index (χ0v) is 13.2. The highest BCUT2D eigenvalue weighted by atomic mass is 32.2. The van der Waals surface area contributed by atoms with Crippen LogP contribution >= 0.6 is 0 Å². The van der Waals surface area contributed by atoms with Crippen molar-refractivity contribution in [2.45, 2.75) is 29.8 Å². The van der Waals surface area contributed by atoms with Crippen LogP contribution in [0.25, 0.3) is 0 Å². The first-order valence-electron chi connectivity index (χ1n) is 6.98. The van der Waals surface area contributed by atoms with Gasteiger partial charge in [0.1, 0.15) is 6.26 Å². The maximum atomic E-state index is 13.3. The standard InChI is InChI=1S/C15H12F3NO4S/c1-24(21,22)13-5-12(15(16,17)18)10(8-2-3-8)4-11(13)14(20)9-6-19-23-7-9/h4-8H,2-3H2,1H3. The summed E-state index contributed by atoms with van der Waals surface area (Å²) >= 11 is 0. The van der Waals surface area contributed by atoms with E-state index in [4.69, 9.17) is 0 Å². The SMILES string of the molecule is CS(=O)(=O)c1cc(C(F)(F)F)c(C2CC2)cc1C(=O)c1cnoc1. The number of sulfone groups is 1. The fourth-order valence-corrected chi connectivity index (χ4v) is 3.41. The van der Waals surface area contributed by atoms with Crippen molar-refractivity contribution in [2.24, 2.45) is 0 Å². The van der Waals surface area contributed by atoms with E-state index in [2.05, 4.69) is 9.68 Å². The minimum absolute atomic E-state index is 0.0265. The van der Waals surface area contributed by atoms with Gasteiger partial charge in [0.15, 0.2) is 15.6 Å². The first kappa shape index (κ1) is 16.7. The summed E-state index contributed by atoms with van der Waals surface area (Å²) < 4.78 is 68.4. The number of benzene rings is 1. The van der Waals surface area contributed by atoms with Crippen molar-refractivity contribution in [1.29, 1.82) is 0 Å². The Bertz CT molecular complexity index is 898. The van der Waals surface area contributed by atoms with Crippen molar-refractivity contribution in [1.82, 2.24) is 5.16 Å². The van der Waals surface area contributed by atoms with E-state index in [1.54, 1.807) is 0 Å². The molecule has 0 aliphatic heterocycles. The van der Waals surface area contributed by atoms with E-state index in [0.717, 1.165) is 24.8 Å². The molecule has 3 rings (SSSR count). The summed E-state index contributed by atoms with van der Waals surface area (Å²) in [4.78, 5) is 11.8. The minimum Gasteiger partial charge on any atom is -0.364 e. The monoisotopic (exact) mass is 359 g/mol. The highest BCUT2D eigenvalue weighted by molar-refractivity contribution is 7.90.